The van der Waals surface area contributed by atoms with Crippen molar-refractivity contribution in [3.05, 3.63) is 0 Å². The predicted octanol–water partition coefficient (Wildman–Crippen LogP) is 0.336. The number of hydrogen-bond donors (Lipinski definition) is 0. The van der Waals surface area contributed by atoms with Crippen molar-refractivity contribution in [3.8, 4) is 0 Å². The molecule has 0 fully saturated rings. The number of rotatable bonds is 20. The maximum absolute atomic E-state index is 5.32. The van der Waals surface area contributed by atoms with E-state index in [-0.39, 0.29) is 6.79 Å². The first kappa shape index (κ1) is 22.7. The fourth-order valence-electron chi connectivity index (χ4n) is 1.34. The second-order valence-electron chi connectivity index (χ2n) is 4.37. The first-order valence-electron chi connectivity index (χ1n) is 7.86. The Kier molecular flexibility index (Phi) is 21.4. The first-order valence-corrected chi connectivity index (χ1v) is 7.86. The van der Waals surface area contributed by atoms with Gasteiger partial charge in [0.25, 0.3) is 0 Å². The van der Waals surface area contributed by atoms with Crippen LogP contribution in [-0.4, -0.2) is 100 Å². The summed E-state index contributed by atoms with van der Waals surface area (Å²) >= 11 is 0. The molecule has 0 amide bonds. The zero-order chi connectivity index (χ0) is 16.8. The standard InChI is InChI=1S/C15H32O8/c1-16-3-5-18-7-9-20-11-13-22-15-23-14-12-21-10-8-19-6-4-17-2/h3-15H2,1-2H3. The molecule has 0 aromatic rings. The van der Waals surface area contributed by atoms with Crippen LogP contribution >= 0.6 is 0 Å². The van der Waals surface area contributed by atoms with Crippen molar-refractivity contribution >= 4 is 0 Å². The van der Waals surface area contributed by atoms with Gasteiger partial charge in [0.2, 0.25) is 0 Å². The third-order valence-electron chi connectivity index (χ3n) is 2.52. The van der Waals surface area contributed by atoms with Crippen LogP contribution in [0.2, 0.25) is 0 Å². The number of methoxy groups -OCH3 is 2. The van der Waals surface area contributed by atoms with E-state index in [9.17, 15) is 0 Å². The van der Waals surface area contributed by atoms with Crippen molar-refractivity contribution in [2.24, 2.45) is 0 Å². The Bertz CT molecular complexity index is 186. The maximum Gasteiger partial charge on any atom is 0.146 e. The molecule has 0 aliphatic carbocycles. The molecule has 0 aliphatic heterocycles. The van der Waals surface area contributed by atoms with E-state index in [4.69, 9.17) is 37.9 Å². The lowest BCUT2D eigenvalue weighted by molar-refractivity contribution is -0.0861. The van der Waals surface area contributed by atoms with E-state index in [0.29, 0.717) is 79.3 Å². The Labute approximate surface area is 139 Å². The summed E-state index contributed by atoms with van der Waals surface area (Å²) in [4.78, 5) is 0. The second kappa shape index (κ2) is 21.7. The van der Waals surface area contributed by atoms with Gasteiger partial charge in [-0.2, -0.15) is 0 Å². The van der Waals surface area contributed by atoms with E-state index in [1.54, 1.807) is 14.2 Å². The van der Waals surface area contributed by atoms with Crippen LogP contribution < -0.4 is 0 Å². The monoisotopic (exact) mass is 340 g/mol. The molecule has 8 nitrogen and oxygen atoms in total. The van der Waals surface area contributed by atoms with Gasteiger partial charge in [-0.1, -0.05) is 0 Å². The van der Waals surface area contributed by atoms with Gasteiger partial charge in [-0.25, -0.2) is 0 Å². The van der Waals surface area contributed by atoms with Gasteiger partial charge in [-0.05, 0) is 0 Å². The molecule has 23 heavy (non-hydrogen) atoms. The highest BCUT2D eigenvalue weighted by molar-refractivity contribution is 4.34. The summed E-state index contributed by atoms with van der Waals surface area (Å²) < 4.78 is 41.3. The van der Waals surface area contributed by atoms with Crippen molar-refractivity contribution in [2.75, 3.05) is 100 Å². The highest BCUT2D eigenvalue weighted by Gasteiger charge is 1.93. The molecule has 0 aliphatic rings. The summed E-state index contributed by atoms with van der Waals surface area (Å²) in [5, 5.41) is 0. The molecule has 0 unspecified atom stereocenters. The van der Waals surface area contributed by atoms with Gasteiger partial charge in [0.15, 0.2) is 0 Å². The lowest BCUT2D eigenvalue weighted by Gasteiger charge is -2.08. The highest BCUT2D eigenvalue weighted by atomic mass is 16.7. The van der Waals surface area contributed by atoms with Crippen LogP contribution in [-0.2, 0) is 37.9 Å². The van der Waals surface area contributed by atoms with Gasteiger partial charge in [0.1, 0.15) is 6.79 Å². The van der Waals surface area contributed by atoms with E-state index in [1.807, 2.05) is 0 Å². The average molecular weight is 340 g/mol. The Morgan fingerprint density at radius 2 is 0.609 bits per heavy atom. The van der Waals surface area contributed by atoms with Crippen LogP contribution in [0.15, 0.2) is 0 Å². The molecular weight excluding hydrogens is 308 g/mol. The number of hydrogen-bond acceptors (Lipinski definition) is 8. The van der Waals surface area contributed by atoms with E-state index >= 15 is 0 Å². The molecule has 0 N–H and O–H groups in total. The molecule has 0 saturated carbocycles. The minimum atomic E-state index is 0.237. The first-order chi connectivity index (χ1) is 11.4. The Morgan fingerprint density at radius 1 is 0.348 bits per heavy atom. The Balaban J connectivity index is 2.92. The van der Waals surface area contributed by atoms with E-state index in [1.165, 1.54) is 0 Å². The smallest absolute Gasteiger partial charge is 0.146 e. The maximum atomic E-state index is 5.32. The lowest BCUT2D eigenvalue weighted by atomic mass is 10.7. The normalized spacial score (nSPS) is 11.2. The zero-order valence-corrected chi connectivity index (χ0v) is 14.5. The van der Waals surface area contributed by atoms with Gasteiger partial charge >= 0.3 is 0 Å². The fraction of sp³-hybridized carbons (Fsp3) is 1.00. The summed E-state index contributed by atoms with van der Waals surface area (Å²) in [6.45, 7) is 6.87. The SMILES string of the molecule is COCCOCCOCCOCOCCOCCOCCOC. The van der Waals surface area contributed by atoms with Gasteiger partial charge in [0, 0.05) is 14.2 Å². The van der Waals surface area contributed by atoms with Crippen LogP contribution in [0, 0.1) is 0 Å². The molecule has 0 radical (unpaired) electrons. The molecule has 0 aromatic carbocycles. The van der Waals surface area contributed by atoms with Crippen molar-refractivity contribution in [2.45, 2.75) is 0 Å². The third-order valence-corrected chi connectivity index (χ3v) is 2.52. The molecule has 140 valence electrons. The zero-order valence-electron chi connectivity index (χ0n) is 14.5. The van der Waals surface area contributed by atoms with Gasteiger partial charge < -0.3 is 37.9 Å². The highest BCUT2D eigenvalue weighted by Crippen LogP contribution is 1.85. The minimum Gasteiger partial charge on any atom is -0.382 e. The van der Waals surface area contributed by atoms with Crippen molar-refractivity contribution in [1.29, 1.82) is 0 Å². The Morgan fingerprint density at radius 3 is 0.913 bits per heavy atom. The largest absolute Gasteiger partial charge is 0.382 e. The quantitative estimate of drug-likeness (QED) is 0.232. The molecule has 0 saturated heterocycles. The van der Waals surface area contributed by atoms with Crippen LogP contribution in [0.5, 0.6) is 0 Å². The van der Waals surface area contributed by atoms with E-state index < -0.39 is 0 Å². The summed E-state index contributed by atoms with van der Waals surface area (Å²) in [6.07, 6.45) is 0. The molecule has 8 heteroatoms. The van der Waals surface area contributed by atoms with Crippen LogP contribution in [0.4, 0.5) is 0 Å². The molecule has 0 atom stereocenters. The molecule has 0 spiro atoms. The van der Waals surface area contributed by atoms with Gasteiger partial charge in [-0.15, -0.1) is 0 Å². The van der Waals surface area contributed by atoms with E-state index in [0.717, 1.165) is 0 Å². The van der Waals surface area contributed by atoms with Gasteiger partial charge in [-0.3, -0.25) is 0 Å². The van der Waals surface area contributed by atoms with Crippen molar-refractivity contribution in [3.63, 3.8) is 0 Å². The fourth-order valence-corrected chi connectivity index (χ4v) is 1.34. The molecule has 0 rings (SSSR count). The topological polar surface area (TPSA) is 73.8 Å². The third kappa shape index (κ3) is 21.7. The lowest BCUT2D eigenvalue weighted by Crippen LogP contribution is -2.14. The molecule has 0 heterocycles. The summed E-state index contributed by atoms with van der Waals surface area (Å²) in [6, 6.07) is 0. The average Bonchev–Trinajstić information content (AvgIpc) is 2.57. The van der Waals surface area contributed by atoms with E-state index in [2.05, 4.69) is 0 Å². The summed E-state index contributed by atoms with van der Waals surface area (Å²) in [5.41, 5.74) is 0. The van der Waals surface area contributed by atoms with Crippen molar-refractivity contribution in [1.82, 2.24) is 0 Å². The molecule has 0 aromatic heterocycles. The van der Waals surface area contributed by atoms with Crippen molar-refractivity contribution < 1.29 is 37.9 Å². The van der Waals surface area contributed by atoms with Crippen LogP contribution in [0.3, 0.4) is 0 Å². The van der Waals surface area contributed by atoms with Crippen LogP contribution in [0.25, 0.3) is 0 Å². The predicted molar refractivity (Wildman–Crippen MR) is 83.8 cm³/mol. The number of ether oxygens (including phenoxy) is 8. The minimum absolute atomic E-state index is 0.237. The Hall–Kier alpha value is -0.320. The van der Waals surface area contributed by atoms with Crippen LogP contribution in [0.1, 0.15) is 0 Å². The molecular formula is C15H32O8. The van der Waals surface area contributed by atoms with Gasteiger partial charge in [0.05, 0.1) is 79.3 Å². The molecule has 0 bridgehead atoms. The second-order valence-corrected chi connectivity index (χ2v) is 4.37. The summed E-state index contributed by atoms with van der Waals surface area (Å²) in [5.74, 6) is 0. The summed E-state index contributed by atoms with van der Waals surface area (Å²) in [7, 11) is 3.29.